The minimum absolute atomic E-state index is 0.247. The number of benzene rings is 1. The molecule has 0 spiro atoms. The number of nitrogens with one attached hydrogen (secondary N) is 1. The Hall–Kier alpha value is -2.90. The van der Waals surface area contributed by atoms with Crippen LogP contribution >= 0.6 is 0 Å². The van der Waals surface area contributed by atoms with Crippen molar-refractivity contribution >= 4 is 23.2 Å². The number of aryl methyl sites for hydroxylation is 1. The highest BCUT2D eigenvalue weighted by Gasteiger charge is 2.46. The van der Waals surface area contributed by atoms with E-state index in [0.29, 0.717) is 17.8 Å². The van der Waals surface area contributed by atoms with E-state index in [1.54, 1.807) is 12.1 Å². The summed E-state index contributed by atoms with van der Waals surface area (Å²) in [6.45, 7) is 0.506. The molecule has 4 rings (SSSR count). The zero-order valence-corrected chi connectivity index (χ0v) is 11.4. The van der Waals surface area contributed by atoms with Gasteiger partial charge < -0.3 is 4.90 Å². The van der Waals surface area contributed by atoms with Crippen molar-refractivity contribution in [1.29, 1.82) is 0 Å². The van der Waals surface area contributed by atoms with Crippen LogP contribution in [0.4, 0.5) is 5.69 Å². The van der Waals surface area contributed by atoms with Gasteiger partial charge in [-0.3, -0.25) is 14.4 Å². The lowest BCUT2D eigenvalue weighted by Gasteiger charge is -2.36. The number of carbonyl (C=O) groups excluding carboxylic acids is 3. The van der Waals surface area contributed by atoms with Crippen molar-refractivity contribution in [3.8, 4) is 0 Å². The van der Waals surface area contributed by atoms with Gasteiger partial charge in [-0.05, 0) is 29.7 Å². The van der Waals surface area contributed by atoms with E-state index < -0.39 is 23.4 Å². The number of H-pyrrole nitrogens is 1. The Morgan fingerprint density at radius 3 is 2.95 bits per heavy atom. The molecule has 1 aromatic carbocycles. The van der Waals surface area contributed by atoms with Crippen molar-refractivity contribution in [2.75, 3.05) is 11.4 Å². The van der Waals surface area contributed by atoms with E-state index in [1.807, 2.05) is 6.07 Å². The van der Waals surface area contributed by atoms with Gasteiger partial charge in [0.1, 0.15) is 0 Å². The first kappa shape index (κ1) is 12.8. The van der Waals surface area contributed by atoms with Gasteiger partial charge in [0.25, 0.3) is 0 Å². The molecule has 0 fully saturated rings. The number of hydrogen-bond donors (Lipinski definition) is 1. The number of anilines is 1. The second kappa shape index (κ2) is 4.55. The summed E-state index contributed by atoms with van der Waals surface area (Å²) in [5.41, 5.74) is 2.04. The van der Waals surface area contributed by atoms with E-state index in [9.17, 15) is 14.4 Å². The number of para-hydroxylation sites is 1. The monoisotopic (exact) mass is 297 g/mol. The summed E-state index contributed by atoms with van der Waals surface area (Å²) >= 11 is 0. The van der Waals surface area contributed by atoms with Crippen molar-refractivity contribution in [2.45, 2.75) is 12.8 Å². The number of aromatic amines is 1. The lowest BCUT2D eigenvalue weighted by Crippen LogP contribution is -2.50. The largest absolute Gasteiger partial charge is 0.310 e. The number of ketones is 2. The van der Waals surface area contributed by atoms with Crippen LogP contribution in [-0.4, -0.2) is 44.6 Å². The summed E-state index contributed by atoms with van der Waals surface area (Å²) in [6.07, 6.45) is 1.63. The summed E-state index contributed by atoms with van der Waals surface area (Å²) in [7, 11) is 0. The fourth-order valence-electron chi connectivity index (χ4n) is 3.12. The molecule has 0 aliphatic carbocycles. The zero-order chi connectivity index (χ0) is 15.3. The van der Waals surface area contributed by atoms with Crippen molar-refractivity contribution in [2.24, 2.45) is 5.92 Å². The van der Waals surface area contributed by atoms with Gasteiger partial charge in [0.2, 0.25) is 17.5 Å². The fourth-order valence-corrected chi connectivity index (χ4v) is 3.12. The van der Waals surface area contributed by atoms with Crippen LogP contribution in [0.15, 0.2) is 18.2 Å². The van der Waals surface area contributed by atoms with Crippen LogP contribution in [0.1, 0.15) is 33.0 Å². The minimum Gasteiger partial charge on any atom is -0.310 e. The van der Waals surface area contributed by atoms with Gasteiger partial charge in [-0.15, -0.1) is 10.2 Å². The Labute approximate surface area is 124 Å². The molecular formula is C14H11N5O3. The molecule has 2 aliphatic rings. The third-order valence-corrected chi connectivity index (χ3v) is 4.09. The molecule has 0 saturated carbocycles. The minimum atomic E-state index is -1.42. The molecule has 1 aromatic heterocycles. The molecule has 8 nitrogen and oxygen atoms in total. The van der Waals surface area contributed by atoms with Gasteiger partial charge in [0.15, 0.2) is 11.7 Å². The highest BCUT2D eigenvalue weighted by Crippen LogP contribution is 2.37. The molecule has 2 aromatic rings. The highest BCUT2D eigenvalue weighted by atomic mass is 16.2. The van der Waals surface area contributed by atoms with Crippen LogP contribution < -0.4 is 4.90 Å². The van der Waals surface area contributed by atoms with E-state index in [2.05, 4.69) is 20.6 Å². The third kappa shape index (κ3) is 1.63. The molecule has 3 heterocycles. The van der Waals surface area contributed by atoms with E-state index in [4.69, 9.17) is 0 Å². The molecule has 1 amide bonds. The molecule has 22 heavy (non-hydrogen) atoms. The van der Waals surface area contributed by atoms with Gasteiger partial charge in [0, 0.05) is 12.1 Å². The van der Waals surface area contributed by atoms with E-state index >= 15 is 0 Å². The highest BCUT2D eigenvalue weighted by molar-refractivity contribution is 6.33. The van der Waals surface area contributed by atoms with Gasteiger partial charge in [-0.25, -0.2) is 0 Å². The molecule has 0 bridgehead atoms. The quantitative estimate of drug-likeness (QED) is 0.625. The maximum atomic E-state index is 12.7. The van der Waals surface area contributed by atoms with Crippen molar-refractivity contribution in [3.05, 3.63) is 35.2 Å². The summed E-state index contributed by atoms with van der Waals surface area (Å²) in [5.74, 6) is -3.37. The Kier molecular flexibility index (Phi) is 2.65. The lowest BCUT2D eigenvalue weighted by molar-refractivity contribution is -0.120. The van der Waals surface area contributed by atoms with Gasteiger partial charge >= 0.3 is 0 Å². The first-order valence-corrected chi connectivity index (χ1v) is 6.93. The predicted molar refractivity (Wildman–Crippen MR) is 73.4 cm³/mol. The third-order valence-electron chi connectivity index (χ3n) is 4.09. The average Bonchev–Trinajstić information content (AvgIpc) is 3.07. The topological polar surface area (TPSA) is 109 Å². The molecular weight excluding hydrogens is 286 g/mol. The van der Waals surface area contributed by atoms with Crippen molar-refractivity contribution in [3.63, 3.8) is 0 Å². The molecule has 0 radical (unpaired) electrons. The Balaban J connectivity index is 1.85. The number of amides is 1. The fraction of sp³-hybridized carbons (Fsp3) is 0.286. The molecule has 1 unspecified atom stereocenters. The summed E-state index contributed by atoms with van der Waals surface area (Å²) in [4.78, 5) is 39.2. The number of tetrazole rings is 1. The number of carbonyl (C=O) groups is 3. The zero-order valence-electron chi connectivity index (χ0n) is 11.4. The maximum absolute atomic E-state index is 12.7. The maximum Gasteiger partial charge on any atom is 0.246 e. The smallest absolute Gasteiger partial charge is 0.246 e. The predicted octanol–water partition coefficient (Wildman–Crippen LogP) is 0.174. The number of Topliss-reactive ketones (excluding diaryl/α,β-unsaturated/α-hetero) is 2. The van der Waals surface area contributed by atoms with Crippen LogP contribution in [0.25, 0.3) is 0 Å². The standard InChI is InChI=1S/C14H11N5O3/c20-11-8-5-1-3-7-4-2-6-19(10(7)8)14(22)9(11)12(21)13-15-17-18-16-13/h1,3,5,9H,2,4,6H2,(H,15,16,17,18). The van der Waals surface area contributed by atoms with Gasteiger partial charge in [0.05, 0.1) is 5.69 Å². The molecule has 8 heteroatoms. The van der Waals surface area contributed by atoms with Crippen molar-refractivity contribution < 1.29 is 14.4 Å². The molecule has 110 valence electrons. The van der Waals surface area contributed by atoms with E-state index in [0.717, 1.165) is 18.4 Å². The normalized spacial score (nSPS) is 20.0. The van der Waals surface area contributed by atoms with Crippen LogP contribution in [0, 0.1) is 5.92 Å². The lowest BCUT2D eigenvalue weighted by atomic mass is 9.83. The van der Waals surface area contributed by atoms with Crippen LogP contribution in [0.3, 0.4) is 0 Å². The van der Waals surface area contributed by atoms with Gasteiger partial charge in [-0.1, -0.05) is 12.1 Å². The van der Waals surface area contributed by atoms with Gasteiger partial charge in [-0.2, -0.15) is 5.21 Å². The number of hydrogen-bond acceptors (Lipinski definition) is 6. The Bertz CT molecular complexity index is 799. The molecule has 0 saturated heterocycles. The Morgan fingerprint density at radius 1 is 1.32 bits per heavy atom. The number of rotatable bonds is 2. The molecule has 1 atom stereocenters. The Morgan fingerprint density at radius 2 is 2.18 bits per heavy atom. The van der Waals surface area contributed by atoms with E-state index in [1.165, 1.54) is 4.90 Å². The summed E-state index contributed by atoms with van der Waals surface area (Å²) < 4.78 is 0. The number of nitrogens with zero attached hydrogens (tertiary/aromatic N) is 4. The number of aromatic nitrogens is 4. The molecule has 1 N–H and O–H groups in total. The average molecular weight is 297 g/mol. The first-order valence-electron chi connectivity index (χ1n) is 6.93. The SMILES string of the molecule is O=C(c1nn[nH]n1)C1C(=O)c2cccc3c2N(CCC3)C1=O. The van der Waals surface area contributed by atoms with E-state index in [-0.39, 0.29) is 5.82 Å². The first-order chi connectivity index (χ1) is 10.7. The second-order valence-corrected chi connectivity index (χ2v) is 5.30. The van der Waals surface area contributed by atoms with Crippen LogP contribution in [0.5, 0.6) is 0 Å². The van der Waals surface area contributed by atoms with Crippen molar-refractivity contribution in [1.82, 2.24) is 20.6 Å². The molecule has 2 aliphatic heterocycles. The summed E-state index contributed by atoms with van der Waals surface area (Å²) in [6, 6.07) is 5.34. The van der Waals surface area contributed by atoms with Crippen LogP contribution in [-0.2, 0) is 11.2 Å². The second-order valence-electron chi connectivity index (χ2n) is 5.30. The summed E-state index contributed by atoms with van der Waals surface area (Å²) in [5, 5.41) is 12.6. The van der Waals surface area contributed by atoms with Crippen LogP contribution in [0.2, 0.25) is 0 Å².